The highest BCUT2D eigenvalue weighted by Crippen LogP contribution is 2.30. The number of rotatable bonds is 2. The Morgan fingerprint density at radius 1 is 1.14 bits per heavy atom. The molecule has 0 unspecified atom stereocenters. The van der Waals surface area contributed by atoms with Crippen molar-refractivity contribution >= 4 is 23.5 Å². The van der Waals surface area contributed by atoms with Crippen molar-refractivity contribution in [3.8, 4) is 0 Å². The Balaban J connectivity index is 0.00000169. The number of benzene rings is 1. The number of carbonyl (C=O) groups excluding carboxylic acids is 2. The van der Waals surface area contributed by atoms with E-state index >= 15 is 0 Å². The van der Waals surface area contributed by atoms with E-state index in [0.717, 1.165) is 5.56 Å². The van der Waals surface area contributed by atoms with E-state index in [4.69, 9.17) is 0 Å². The van der Waals surface area contributed by atoms with Gasteiger partial charge < -0.3 is 5.48 Å². The Labute approximate surface area is 80.1 Å². The highest BCUT2D eigenvalue weighted by atomic mass is 16.1. The SMILES string of the molecule is Cc1cccc(N=C=O)c1N=C=O.O. The molecule has 0 fully saturated rings. The van der Waals surface area contributed by atoms with Crippen molar-refractivity contribution < 1.29 is 15.1 Å². The molecule has 0 aromatic heterocycles. The van der Waals surface area contributed by atoms with Crippen LogP contribution in [0.4, 0.5) is 11.4 Å². The molecule has 0 aliphatic carbocycles. The summed E-state index contributed by atoms with van der Waals surface area (Å²) in [6, 6.07) is 5.06. The zero-order valence-corrected chi connectivity index (χ0v) is 7.44. The first kappa shape index (κ1) is 11.9. The maximum Gasteiger partial charge on any atom is 0.240 e. The normalized spacial score (nSPS) is 7.79. The number of aryl methyl sites for hydroxylation is 1. The lowest BCUT2D eigenvalue weighted by atomic mass is 10.2. The van der Waals surface area contributed by atoms with E-state index in [-0.39, 0.29) is 5.48 Å². The third-order valence-electron chi connectivity index (χ3n) is 1.54. The zero-order valence-electron chi connectivity index (χ0n) is 7.44. The largest absolute Gasteiger partial charge is 0.412 e. The number of nitrogens with zero attached hydrogens (tertiary/aromatic N) is 2. The van der Waals surface area contributed by atoms with Gasteiger partial charge in [0.05, 0.1) is 0 Å². The Kier molecular flexibility index (Phi) is 4.74. The van der Waals surface area contributed by atoms with E-state index in [1.54, 1.807) is 25.1 Å². The summed E-state index contributed by atoms with van der Waals surface area (Å²) in [5.41, 5.74) is 1.46. The van der Waals surface area contributed by atoms with E-state index in [1.165, 1.54) is 12.2 Å². The van der Waals surface area contributed by atoms with Crippen LogP contribution in [0.2, 0.25) is 0 Å². The molecule has 0 radical (unpaired) electrons. The van der Waals surface area contributed by atoms with E-state index in [9.17, 15) is 9.59 Å². The lowest BCUT2D eigenvalue weighted by molar-refractivity contribution is 0.564. The van der Waals surface area contributed by atoms with E-state index < -0.39 is 0 Å². The molecule has 0 bridgehead atoms. The molecule has 14 heavy (non-hydrogen) atoms. The Hall–Kier alpha value is -2.06. The Morgan fingerprint density at radius 2 is 1.79 bits per heavy atom. The number of aliphatic imine (C=N–C) groups is 2. The van der Waals surface area contributed by atoms with Gasteiger partial charge in [0, 0.05) is 0 Å². The number of para-hydroxylation sites is 1. The van der Waals surface area contributed by atoms with Gasteiger partial charge in [0.25, 0.3) is 0 Å². The predicted octanol–water partition coefficient (Wildman–Crippen LogP) is 1.10. The fourth-order valence-corrected chi connectivity index (χ4v) is 0.974. The Morgan fingerprint density at radius 3 is 2.36 bits per heavy atom. The first-order chi connectivity index (χ1) is 6.29. The molecule has 0 spiro atoms. The Bertz CT molecular complexity index is 416. The van der Waals surface area contributed by atoms with E-state index in [0.29, 0.717) is 11.4 Å². The fourth-order valence-electron chi connectivity index (χ4n) is 0.974. The van der Waals surface area contributed by atoms with Crippen molar-refractivity contribution in [1.29, 1.82) is 0 Å². The maximum absolute atomic E-state index is 10.1. The molecule has 0 saturated carbocycles. The minimum atomic E-state index is 0. The van der Waals surface area contributed by atoms with Gasteiger partial charge in [-0.2, -0.15) is 9.98 Å². The van der Waals surface area contributed by atoms with Gasteiger partial charge in [0.1, 0.15) is 11.4 Å². The average molecular weight is 192 g/mol. The molecule has 1 aromatic carbocycles. The maximum atomic E-state index is 10.1. The summed E-state index contributed by atoms with van der Waals surface area (Å²) < 4.78 is 0. The molecule has 2 N–H and O–H groups in total. The fraction of sp³-hybridized carbons (Fsp3) is 0.111. The first-order valence-corrected chi connectivity index (χ1v) is 3.55. The predicted molar refractivity (Wildman–Crippen MR) is 50.4 cm³/mol. The van der Waals surface area contributed by atoms with Crippen LogP contribution in [0.25, 0.3) is 0 Å². The molecule has 5 heteroatoms. The van der Waals surface area contributed by atoms with Crippen molar-refractivity contribution in [2.24, 2.45) is 9.98 Å². The molecule has 0 atom stereocenters. The summed E-state index contributed by atoms with van der Waals surface area (Å²) >= 11 is 0. The van der Waals surface area contributed by atoms with Crippen LogP contribution in [-0.2, 0) is 9.59 Å². The summed E-state index contributed by atoms with van der Waals surface area (Å²) in [4.78, 5) is 26.9. The number of hydrogen-bond acceptors (Lipinski definition) is 4. The van der Waals surface area contributed by atoms with Crippen molar-refractivity contribution in [1.82, 2.24) is 0 Å². The molecule has 0 amide bonds. The van der Waals surface area contributed by atoms with Crippen LogP contribution in [0.5, 0.6) is 0 Å². The first-order valence-electron chi connectivity index (χ1n) is 3.55. The van der Waals surface area contributed by atoms with Crippen molar-refractivity contribution in [3.63, 3.8) is 0 Å². The summed E-state index contributed by atoms with van der Waals surface area (Å²) in [6.45, 7) is 1.76. The van der Waals surface area contributed by atoms with Crippen LogP contribution < -0.4 is 0 Å². The van der Waals surface area contributed by atoms with Crippen molar-refractivity contribution in [2.45, 2.75) is 6.92 Å². The summed E-state index contributed by atoms with van der Waals surface area (Å²) in [7, 11) is 0. The van der Waals surface area contributed by atoms with Gasteiger partial charge >= 0.3 is 0 Å². The molecule has 72 valence electrons. The molecule has 0 aliphatic rings. The minimum Gasteiger partial charge on any atom is -0.412 e. The highest BCUT2D eigenvalue weighted by molar-refractivity contribution is 5.71. The third kappa shape index (κ3) is 2.47. The van der Waals surface area contributed by atoms with Gasteiger partial charge in [-0.3, -0.25) is 0 Å². The van der Waals surface area contributed by atoms with Crippen LogP contribution in [0.15, 0.2) is 28.2 Å². The van der Waals surface area contributed by atoms with E-state index in [1.807, 2.05) is 0 Å². The van der Waals surface area contributed by atoms with Crippen LogP contribution in [0.1, 0.15) is 5.56 Å². The lowest BCUT2D eigenvalue weighted by Crippen LogP contribution is -1.74. The van der Waals surface area contributed by atoms with Crippen LogP contribution in [0, 0.1) is 6.92 Å². The second kappa shape index (κ2) is 5.56. The molecule has 0 aliphatic heterocycles. The summed E-state index contributed by atoms with van der Waals surface area (Å²) in [5.74, 6) is 0. The lowest BCUT2D eigenvalue weighted by Gasteiger charge is -1.99. The molecule has 1 aromatic rings. The molecular weight excluding hydrogens is 184 g/mol. The van der Waals surface area contributed by atoms with Crippen LogP contribution in [-0.4, -0.2) is 17.6 Å². The second-order valence-corrected chi connectivity index (χ2v) is 2.35. The number of hydrogen-bond donors (Lipinski definition) is 0. The van der Waals surface area contributed by atoms with Crippen molar-refractivity contribution in [3.05, 3.63) is 23.8 Å². The van der Waals surface area contributed by atoms with Crippen LogP contribution in [0.3, 0.4) is 0 Å². The average Bonchev–Trinajstić information content (AvgIpc) is 2.11. The molecular formula is C9H8N2O3. The van der Waals surface area contributed by atoms with Crippen LogP contribution >= 0.6 is 0 Å². The van der Waals surface area contributed by atoms with Gasteiger partial charge in [0.2, 0.25) is 12.2 Å². The highest BCUT2D eigenvalue weighted by Gasteiger charge is 2.02. The molecule has 5 nitrogen and oxygen atoms in total. The third-order valence-corrected chi connectivity index (χ3v) is 1.54. The quantitative estimate of drug-likeness (QED) is 0.518. The summed E-state index contributed by atoms with van der Waals surface area (Å²) in [6.07, 6.45) is 2.80. The van der Waals surface area contributed by atoms with Crippen molar-refractivity contribution in [2.75, 3.05) is 0 Å². The molecule has 1 rings (SSSR count). The van der Waals surface area contributed by atoms with Gasteiger partial charge in [-0.25, -0.2) is 9.59 Å². The van der Waals surface area contributed by atoms with Gasteiger partial charge in [-0.1, -0.05) is 12.1 Å². The topological polar surface area (TPSA) is 90.4 Å². The smallest absolute Gasteiger partial charge is 0.240 e. The van der Waals surface area contributed by atoms with Gasteiger partial charge in [-0.15, -0.1) is 0 Å². The minimum absolute atomic E-state index is 0. The monoisotopic (exact) mass is 192 g/mol. The standard InChI is InChI=1S/C9H6N2O2.H2O/c1-7-3-2-4-8(10-5-12)9(7)11-6-13;/h2-4H,1H3;1H2. The van der Waals surface area contributed by atoms with Gasteiger partial charge in [-0.05, 0) is 18.6 Å². The zero-order chi connectivity index (χ0) is 9.68. The second-order valence-electron chi connectivity index (χ2n) is 2.35. The summed E-state index contributed by atoms with van der Waals surface area (Å²) in [5, 5.41) is 0. The molecule has 0 heterocycles. The number of isocyanates is 2. The molecule has 0 saturated heterocycles. The van der Waals surface area contributed by atoms with Gasteiger partial charge in [0.15, 0.2) is 0 Å². The van der Waals surface area contributed by atoms with E-state index in [2.05, 4.69) is 9.98 Å².